The van der Waals surface area contributed by atoms with Crippen LogP contribution in [-0.2, 0) is 0 Å². The minimum absolute atomic E-state index is 0.451. The molecule has 0 aromatic carbocycles. The Balaban J connectivity index is 2.51. The molecule has 0 aliphatic carbocycles. The van der Waals surface area contributed by atoms with Gasteiger partial charge < -0.3 is 14.8 Å². The van der Waals surface area contributed by atoms with Crippen molar-refractivity contribution in [2.75, 3.05) is 31.5 Å². The fourth-order valence-corrected chi connectivity index (χ4v) is 1.91. The Morgan fingerprint density at radius 1 is 1.35 bits per heavy atom. The van der Waals surface area contributed by atoms with Crippen LogP contribution >= 0.6 is 0 Å². The highest BCUT2D eigenvalue weighted by Gasteiger charge is 2.08. The first-order valence-corrected chi connectivity index (χ1v) is 6.60. The highest BCUT2D eigenvalue weighted by Crippen LogP contribution is 2.14. The smallest absolute Gasteiger partial charge is 0.203 e. The molecule has 0 radical (unpaired) electrons. The van der Waals surface area contributed by atoms with Gasteiger partial charge in [-0.1, -0.05) is 13.8 Å². The molecular weight excluding hydrogens is 212 g/mol. The largest absolute Gasteiger partial charge is 0.354 e. The highest BCUT2D eigenvalue weighted by molar-refractivity contribution is 5.29. The lowest BCUT2D eigenvalue weighted by molar-refractivity contribution is 0.315. The van der Waals surface area contributed by atoms with Gasteiger partial charge in [0.2, 0.25) is 5.95 Å². The van der Waals surface area contributed by atoms with Crippen molar-refractivity contribution in [3.05, 3.63) is 11.9 Å². The molecule has 0 fully saturated rings. The van der Waals surface area contributed by atoms with E-state index in [0.717, 1.165) is 37.8 Å². The summed E-state index contributed by atoms with van der Waals surface area (Å²) in [6.45, 7) is 15.0. The number of likely N-dealkylation sites (N-methyl/N-ethyl adjacent to an activating group) is 1. The van der Waals surface area contributed by atoms with E-state index in [1.807, 2.05) is 6.92 Å². The second kappa shape index (κ2) is 6.64. The first kappa shape index (κ1) is 14.0. The van der Waals surface area contributed by atoms with Crippen LogP contribution in [0.2, 0.25) is 0 Å². The van der Waals surface area contributed by atoms with E-state index in [1.165, 1.54) is 0 Å². The number of rotatable bonds is 7. The Hall–Kier alpha value is -1.03. The van der Waals surface area contributed by atoms with Gasteiger partial charge in [-0.05, 0) is 33.9 Å². The summed E-state index contributed by atoms with van der Waals surface area (Å²) in [6, 6.07) is 0.451. The summed E-state index contributed by atoms with van der Waals surface area (Å²) in [5.41, 5.74) is 1.07. The first-order chi connectivity index (χ1) is 8.08. The number of hydrogen-bond acceptors (Lipinski definition) is 3. The zero-order valence-corrected chi connectivity index (χ0v) is 11.8. The van der Waals surface area contributed by atoms with E-state index in [2.05, 4.69) is 53.7 Å². The summed E-state index contributed by atoms with van der Waals surface area (Å²) < 4.78 is 2.19. The van der Waals surface area contributed by atoms with E-state index >= 15 is 0 Å². The number of imidazole rings is 1. The highest BCUT2D eigenvalue weighted by atomic mass is 15.2. The predicted octanol–water partition coefficient (Wildman–Crippen LogP) is 2.53. The van der Waals surface area contributed by atoms with Crippen LogP contribution < -0.4 is 5.32 Å². The second-order valence-electron chi connectivity index (χ2n) is 4.66. The molecule has 1 rings (SSSR count). The van der Waals surface area contributed by atoms with Gasteiger partial charge in [-0.2, -0.15) is 0 Å². The van der Waals surface area contributed by atoms with E-state index in [0.29, 0.717) is 6.04 Å². The van der Waals surface area contributed by atoms with Gasteiger partial charge in [0.05, 0.1) is 5.69 Å². The van der Waals surface area contributed by atoms with Crippen LogP contribution in [-0.4, -0.2) is 40.6 Å². The third-order valence-electron chi connectivity index (χ3n) is 3.01. The molecule has 17 heavy (non-hydrogen) atoms. The molecule has 0 spiro atoms. The van der Waals surface area contributed by atoms with Crippen LogP contribution in [0, 0.1) is 6.92 Å². The molecule has 1 aromatic heterocycles. The molecule has 0 saturated carbocycles. The average molecular weight is 238 g/mol. The summed E-state index contributed by atoms with van der Waals surface area (Å²) >= 11 is 0. The number of nitrogens with one attached hydrogen (secondary N) is 1. The molecule has 1 aromatic rings. The summed E-state index contributed by atoms with van der Waals surface area (Å²) in [4.78, 5) is 6.92. The number of hydrogen-bond donors (Lipinski definition) is 1. The van der Waals surface area contributed by atoms with Gasteiger partial charge in [-0.15, -0.1) is 0 Å². The second-order valence-corrected chi connectivity index (χ2v) is 4.66. The van der Waals surface area contributed by atoms with E-state index in [9.17, 15) is 0 Å². The van der Waals surface area contributed by atoms with Crippen LogP contribution in [0.1, 0.15) is 39.4 Å². The number of anilines is 1. The molecule has 0 aliphatic rings. The lowest BCUT2D eigenvalue weighted by Gasteiger charge is -2.19. The number of aromatic nitrogens is 2. The fourth-order valence-electron chi connectivity index (χ4n) is 1.91. The molecule has 0 amide bonds. The van der Waals surface area contributed by atoms with Gasteiger partial charge in [-0.25, -0.2) is 4.98 Å². The molecule has 0 bridgehead atoms. The molecular formula is C13H26N4. The van der Waals surface area contributed by atoms with Crippen molar-refractivity contribution in [3.63, 3.8) is 0 Å². The minimum Gasteiger partial charge on any atom is -0.354 e. The van der Waals surface area contributed by atoms with E-state index in [-0.39, 0.29) is 0 Å². The summed E-state index contributed by atoms with van der Waals surface area (Å²) in [5, 5.41) is 3.42. The standard InChI is InChI=1S/C13H26N4/c1-6-16(7-2)9-8-14-13-15-12(5)10-17(13)11(3)4/h10-11H,6-9H2,1-5H3,(H,14,15). The van der Waals surface area contributed by atoms with Crippen LogP contribution in [0.25, 0.3) is 0 Å². The quantitative estimate of drug-likeness (QED) is 0.792. The van der Waals surface area contributed by atoms with Crippen molar-refractivity contribution >= 4 is 5.95 Å². The van der Waals surface area contributed by atoms with Crippen molar-refractivity contribution < 1.29 is 0 Å². The maximum atomic E-state index is 4.51. The van der Waals surface area contributed by atoms with Gasteiger partial charge in [0.1, 0.15) is 0 Å². The zero-order chi connectivity index (χ0) is 12.8. The van der Waals surface area contributed by atoms with E-state index < -0.39 is 0 Å². The lowest BCUT2D eigenvalue weighted by atomic mass is 10.4. The molecule has 4 nitrogen and oxygen atoms in total. The van der Waals surface area contributed by atoms with Crippen molar-refractivity contribution in [3.8, 4) is 0 Å². The number of nitrogens with zero attached hydrogens (tertiary/aromatic N) is 3. The van der Waals surface area contributed by atoms with E-state index in [1.54, 1.807) is 0 Å². The molecule has 0 atom stereocenters. The Labute approximate surface area is 105 Å². The lowest BCUT2D eigenvalue weighted by Crippen LogP contribution is -2.29. The molecule has 0 saturated heterocycles. The van der Waals surface area contributed by atoms with Crippen LogP contribution in [0.4, 0.5) is 5.95 Å². The van der Waals surface area contributed by atoms with Crippen molar-refractivity contribution in [2.24, 2.45) is 0 Å². The molecule has 4 heteroatoms. The molecule has 1 heterocycles. The van der Waals surface area contributed by atoms with Gasteiger partial charge in [0.15, 0.2) is 0 Å². The predicted molar refractivity (Wildman–Crippen MR) is 73.6 cm³/mol. The SMILES string of the molecule is CCN(CC)CCNc1nc(C)cn1C(C)C. The van der Waals surface area contributed by atoms with Gasteiger partial charge in [0.25, 0.3) is 0 Å². The average Bonchev–Trinajstić information content (AvgIpc) is 2.66. The molecule has 98 valence electrons. The third kappa shape index (κ3) is 4.04. The summed E-state index contributed by atoms with van der Waals surface area (Å²) in [6.07, 6.45) is 2.10. The topological polar surface area (TPSA) is 33.1 Å². The maximum absolute atomic E-state index is 4.51. The molecule has 0 unspecified atom stereocenters. The van der Waals surface area contributed by atoms with Crippen LogP contribution in [0.15, 0.2) is 6.20 Å². The Morgan fingerprint density at radius 3 is 2.53 bits per heavy atom. The summed E-state index contributed by atoms with van der Waals surface area (Å²) in [7, 11) is 0. The fraction of sp³-hybridized carbons (Fsp3) is 0.769. The van der Waals surface area contributed by atoms with Crippen LogP contribution in [0.3, 0.4) is 0 Å². The normalized spacial score (nSPS) is 11.5. The van der Waals surface area contributed by atoms with E-state index in [4.69, 9.17) is 0 Å². The zero-order valence-electron chi connectivity index (χ0n) is 11.8. The monoisotopic (exact) mass is 238 g/mol. The number of aryl methyl sites for hydroxylation is 1. The van der Waals surface area contributed by atoms with Crippen molar-refractivity contribution in [1.29, 1.82) is 0 Å². The Bertz CT molecular complexity index is 326. The van der Waals surface area contributed by atoms with Crippen LogP contribution in [0.5, 0.6) is 0 Å². The molecule has 0 aliphatic heterocycles. The van der Waals surface area contributed by atoms with Crippen molar-refractivity contribution in [2.45, 2.75) is 40.7 Å². The molecule has 1 N–H and O–H groups in total. The van der Waals surface area contributed by atoms with Gasteiger partial charge in [0, 0.05) is 25.3 Å². The van der Waals surface area contributed by atoms with Gasteiger partial charge >= 0.3 is 0 Å². The van der Waals surface area contributed by atoms with Crippen molar-refractivity contribution in [1.82, 2.24) is 14.5 Å². The minimum atomic E-state index is 0.451. The third-order valence-corrected chi connectivity index (χ3v) is 3.01. The van der Waals surface area contributed by atoms with Gasteiger partial charge in [-0.3, -0.25) is 0 Å². The Morgan fingerprint density at radius 2 is 2.00 bits per heavy atom. The first-order valence-electron chi connectivity index (χ1n) is 6.60. The Kier molecular flexibility index (Phi) is 5.48. The maximum Gasteiger partial charge on any atom is 0.203 e. The summed E-state index contributed by atoms with van der Waals surface area (Å²) in [5.74, 6) is 0.990.